The van der Waals surface area contributed by atoms with Gasteiger partial charge in [-0.25, -0.2) is 4.68 Å². The lowest BCUT2D eigenvalue weighted by atomic mass is 10.1. The van der Waals surface area contributed by atoms with E-state index in [0.717, 1.165) is 19.0 Å². The Bertz CT molecular complexity index is 327. The molecule has 0 unspecified atom stereocenters. The van der Waals surface area contributed by atoms with Crippen LogP contribution in [0.15, 0.2) is 6.20 Å². The largest absolute Gasteiger partial charge is 0.476 e. The maximum absolute atomic E-state index is 5.66. The second kappa shape index (κ2) is 1.76. The molecule has 12 heavy (non-hydrogen) atoms. The predicted molar refractivity (Wildman–Crippen MR) is 43.8 cm³/mol. The van der Waals surface area contributed by atoms with Crippen LogP contribution in [0.2, 0.25) is 0 Å². The van der Waals surface area contributed by atoms with Crippen molar-refractivity contribution in [2.45, 2.75) is 19.4 Å². The van der Waals surface area contributed by atoms with Gasteiger partial charge in [-0.1, -0.05) is 0 Å². The highest BCUT2D eigenvalue weighted by Gasteiger charge is 2.47. The standard InChI is InChI=1S/C8H11N3O/c9-6-3-10-11-4-8(1-2-8)5-12-7(6)11/h3H,1-2,4-5,9H2. The lowest BCUT2D eigenvalue weighted by Gasteiger charge is -2.23. The van der Waals surface area contributed by atoms with Gasteiger partial charge in [0.1, 0.15) is 5.69 Å². The van der Waals surface area contributed by atoms with Crippen LogP contribution >= 0.6 is 0 Å². The highest BCUT2D eigenvalue weighted by Crippen LogP contribution is 2.50. The molecule has 0 atom stereocenters. The Morgan fingerprint density at radius 2 is 2.42 bits per heavy atom. The highest BCUT2D eigenvalue weighted by molar-refractivity contribution is 5.47. The van der Waals surface area contributed by atoms with Crippen molar-refractivity contribution in [1.29, 1.82) is 0 Å². The fourth-order valence-electron chi connectivity index (χ4n) is 1.72. The molecule has 0 radical (unpaired) electrons. The number of nitrogen functional groups attached to an aromatic ring is 1. The van der Waals surface area contributed by atoms with E-state index in [4.69, 9.17) is 10.5 Å². The average Bonchev–Trinajstić information content (AvgIpc) is 2.71. The molecule has 1 aliphatic carbocycles. The molecule has 1 fully saturated rings. The summed E-state index contributed by atoms with van der Waals surface area (Å²) in [6.07, 6.45) is 4.20. The van der Waals surface area contributed by atoms with E-state index in [9.17, 15) is 0 Å². The fraction of sp³-hybridized carbons (Fsp3) is 0.625. The van der Waals surface area contributed by atoms with Crippen molar-refractivity contribution < 1.29 is 4.74 Å². The number of anilines is 1. The summed E-state index contributed by atoms with van der Waals surface area (Å²) in [7, 11) is 0. The summed E-state index contributed by atoms with van der Waals surface area (Å²) >= 11 is 0. The Hall–Kier alpha value is -1.19. The number of aromatic nitrogens is 2. The number of fused-ring (bicyclic) bond motifs is 1. The van der Waals surface area contributed by atoms with Gasteiger partial charge in [0.05, 0.1) is 19.3 Å². The van der Waals surface area contributed by atoms with Crippen molar-refractivity contribution in [3.63, 3.8) is 0 Å². The summed E-state index contributed by atoms with van der Waals surface area (Å²) in [6.45, 7) is 1.81. The molecule has 1 aliphatic heterocycles. The van der Waals surface area contributed by atoms with E-state index >= 15 is 0 Å². The van der Waals surface area contributed by atoms with E-state index < -0.39 is 0 Å². The first-order chi connectivity index (χ1) is 5.79. The molecule has 3 rings (SSSR count). The minimum atomic E-state index is 0.408. The van der Waals surface area contributed by atoms with Crippen molar-refractivity contribution in [2.24, 2.45) is 5.41 Å². The smallest absolute Gasteiger partial charge is 0.235 e. The third-order valence-electron chi connectivity index (χ3n) is 2.77. The first-order valence-corrected chi connectivity index (χ1v) is 4.23. The van der Waals surface area contributed by atoms with E-state index in [2.05, 4.69) is 5.10 Å². The quantitative estimate of drug-likeness (QED) is 0.613. The molecular formula is C8H11N3O. The van der Waals surface area contributed by atoms with E-state index in [0.29, 0.717) is 11.1 Å². The molecule has 1 saturated carbocycles. The number of ether oxygens (including phenoxy) is 1. The molecule has 1 spiro atoms. The van der Waals surface area contributed by atoms with Crippen molar-refractivity contribution >= 4 is 5.69 Å². The van der Waals surface area contributed by atoms with E-state index in [1.807, 2.05) is 4.68 Å². The van der Waals surface area contributed by atoms with Crippen LogP contribution < -0.4 is 10.5 Å². The molecule has 1 aromatic heterocycles. The van der Waals surface area contributed by atoms with Gasteiger partial charge in [0.2, 0.25) is 5.88 Å². The first kappa shape index (κ1) is 6.34. The summed E-state index contributed by atoms with van der Waals surface area (Å²) in [5, 5.41) is 4.16. The third-order valence-corrected chi connectivity index (χ3v) is 2.77. The summed E-state index contributed by atoms with van der Waals surface area (Å²) < 4.78 is 7.43. The number of hydrogen-bond acceptors (Lipinski definition) is 3. The molecule has 4 nitrogen and oxygen atoms in total. The number of nitrogens with zero attached hydrogens (tertiary/aromatic N) is 2. The topological polar surface area (TPSA) is 53.1 Å². The molecule has 4 heteroatoms. The zero-order valence-electron chi connectivity index (χ0n) is 6.79. The van der Waals surface area contributed by atoms with Gasteiger partial charge in [0.25, 0.3) is 0 Å². The molecule has 0 bridgehead atoms. The summed E-state index contributed by atoms with van der Waals surface area (Å²) in [4.78, 5) is 0. The van der Waals surface area contributed by atoms with Gasteiger partial charge in [-0.05, 0) is 12.8 Å². The maximum Gasteiger partial charge on any atom is 0.235 e. The van der Waals surface area contributed by atoms with Crippen LogP contribution in [0.3, 0.4) is 0 Å². The average molecular weight is 165 g/mol. The second-order valence-electron chi connectivity index (χ2n) is 3.85. The molecule has 0 aromatic carbocycles. The zero-order chi connectivity index (χ0) is 8.18. The SMILES string of the molecule is Nc1cnn2c1OCC1(CC1)C2. The summed E-state index contributed by atoms with van der Waals surface area (Å²) in [5.74, 6) is 0.757. The molecule has 2 N–H and O–H groups in total. The van der Waals surface area contributed by atoms with Crippen LogP contribution in [-0.2, 0) is 6.54 Å². The van der Waals surface area contributed by atoms with Gasteiger partial charge < -0.3 is 10.5 Å². The van der Waals surface area contributed by atoms with E-state index in [1.54, 1.807) is 6.20 Å². The highest BCUT2D eigenvalue weighted by atomic mass is 16.5. The molecular weight excluding hydrogens is 154 g/mol. The van der Waals surface area contributed by atoms with Gasteiger partial charge in [-0.15, -0.1) is 0 Å². The normalized spacial score (nSPS) is 23.3. The Kier molecular flexibility index (Phi) is 0.929. The molecule has 0 amide bonds. The number of nitrogens with two attached hydrogens (primary N) is 1. The van der Waals surface area contributed by atoms with Crippen LogP contribution in [0.5, 0.6) is 5.88 Å². The van der Waals surface area contributed by atoms with Gasteiger partial charge >= 0.3 is 0 Å². The van der Waals surface area contributed by atoms with Crippen LogP contribution in [0.4, 0.5) is 5.69 Å². The molecule has 0 saturated heterocycles. The zero-order valence-corrected chi connectivity index (χ0v) is 6.79. The van der Waals surface area contributed by atoms with E-state index in [1.165, 1.54) is 12.8 Å². The first-order valence-electron chi connectivity index (χ1n) is 4.23. The van der Waals surface area contributed by atoms with E-state index in [-0.39, 0.29) is 0 Å². The van der Waals surface area contributed by atoms with Crippen LogP contribution in [0, 0.1) is 5.41 Å². The lowest BCUT2D eigenvalue weighted by Crippen LogP contribution is -2.27. The predicted octanol–water partition coefficient (Wildman–Crippen LogP) is 0.638. The monoisotopic (exact) mass is 165 g/mol. The second-order valence-corrected chi connectivity index (χ2v) is 3.85. The van der Waals surface area contributed by atoms with Crippen LogP contribution in [-0.4, -0.2) is 16.4 Å². The maximum atomic E-state index is 5.66. The lowest BCUT2D eigenvalue weighted by molar-refractivity contribution is 0.150. The van der Waals surface area contributed by atoms with Crippen molar-refractivity contribution in [1.82, 2.24) is 9.78 Å². The van der Waals surface area contributed by atoms with Gasteiger partial charge in [-0.3, -0.25) is 0 Å². The Morgan fingerprint density at radius 3 is 3.17 bits per heavy atom. The third kappa shape index (κ3) is 0.695. The van der Waals surface area contributed by atoms with Crippen LogP contribution in [0.25, 0.3) is 0 Å². The molecule has 64 valence electrons. The number of hydrogen-bond donors (Lipinski definition) is 1. The minimum absolute atomic E-state index is 0.408. The van der Waals surface area contributed by atoms with Crippen LogP contribution in [0.1, 0.15) is 12.8 Å². The van der Waals surface area contributed by atoms with Crippen molar-refractivity contribution in [3.05, 3.63) is 6.20 Å². The Morgan fingerprint density at radius 1 is 1.58 bits per heavy atom. The van der Waals surface area contributed by atoms with Crippen molar-refractivity contribution in [2.75, 3.05) is 12.3 Å². The van der Waals surface area contributed by atoms with Crippen molar-refractivity contribution in [3.8, 4) is 5.88 Å². The Labute approximate surface area is 70.3 Å². The van der Waals surface area contributed by atoms with Gasteiger partial charge in [-0.2, -0.15) is 5.10 Å². The molecule has 2 aliphatic rings. The summed E-state index contributed by atoms with van der Waals surface area (Å²) in [5.41, 5.74) is 6.73. The van der Waals surface area contributed by atoms with Gasteiger partial charge in [0.15, 0.2) is 0 Å². The fourth-order valence-corrected chi connectivity index (χ4v) is 1.72. The molecule has 2 heterocycles. The number of rotatable bonds is 0. The Balaban J connectivity index is 2.02. The summed E-state index contributed by atoms with van der Waals surface area (Å²) in [6, 6.07) is 0. The van der Waals surface area contributed by atoms with Gasteiger partial charge in [0, 0.05) is 5.41 Å². The molecule has 1 aromatic rings. The minimum Gasteiger partial charge on any atom is -0.476 e.